The first-order valence-corrected chi connectivity index (χ1v) is 12.4. The maximum absolute atomic E-state index is 3.83. The molecule has 0 aromatic heterocycles. The third-order valence-electron chi connectivity index (χ3n) is 6.36. The Balaban J connectivity index is 1.51. The first-order valence-electron chi connectivity index (χ1n) is 9.54. The topological polar surface area (TPSA) is 66.6 Å². The van der Waals surface area contributed by atoms with Gasteiger partial charge >= 0.3 is 0 Å². The van der Waals surface area contributed by atoms with Crippen LogP contribution in [0.3, 0.4) is 0 Å². The summed E-state index contributed by atoms with van der Waals surface area (Å²) in [5, 5.41) is 6.06. The average molecular weight is 404 g/mol. The third-order valence-corrected chi connectivity index (χ3v) is 9.27. The zero-order valence-electron chi connectivity index (χ0n) is 14.5. The van der Waals surface area contributed by atoms with Crippen LogP contribution in [0.1, 0.15) is 25.7 Å². The zero-order chi connectivity index (χ0) is 16.7. The van der Waals surface area contributed by atoms with Crippen molar-refractivity contribution in [3.8, 4) is 0 Å². The molecule has 25 heavy (non-hydrogen) atoms. The van der Waals surface area contributed by atoms with Crippen molar-refractivity contribution in [2.75, 3.05) is 37.7 Å². The highest BCUT2D eigenvalue weighted by molar-refractivity contribution is 7.98. The molecule has 10 heteroatoms. The van der Waals surface area contributed by atoms with Gasteiger partial charge in [-0.15, -0.1) is 0 Å². The summed E-state index contributed by atoms with van der Waals surface area (Å²) in [7, 11) is 0. The smallest absolute Gasteiger partial charge is 0.0875 e. The molecule has 5 aliphatic heterocycles. The van der Waals surface area contributed by atoms with Crippen LogP contribution < -0.4 is 25.0 Å². The van der Waals surface area contributed by atoms with Crippen LogP contribution in [0.25, 0.3) is 0 Å². The lowest BCUT2D eigenvalue weighted by molar-refractivity contribution is -0.117. The van der Waals surface area contributed by atoms with E-state index in [1.54, 1.807) is 0 Å². The van der Waals surface area contributed by atoms with Gasteiger partial charge < -0.3 is 0 Å². The summed E-state index contributed by atoms with van der Waals surface area (Å²) in [6.45, 7) is 4.49. The van der Waals surface area contributed by atoms with E-state index in [9.17, 15) is 0 Å². The largest absolute Gasteiger partial charge is 0.264 e. The fourth-order valence-corrected chi connectivity index (χ4v) is 8.33. The molecule has 0 aliphatic carbocycles. The van der Waals surface area contributed by atoms with Gasteiger partial charge in [-0.1, -0.05) is 35.8 Å². The minimum atomic E-state index is 0.230. The van der Waals surface area contributed by atoms with E-state index < -0.39 is 0 Å². The molecule has 5 unspecified atom stereocenters. The molecule has 142 valence electrons. The number of nitrogens with one attached hydrogen (secondary N) is 5. The summed E-state index contributed by atoms with van der Waals surface area (Å²) in [6, 6.07) is 0.587. The number of hydrazine groups is 2. The summed E-state index contributed by atoms with van der Waals surface area (Å²) >= 11 is 5.80. The second kappa shape index (κ2) is 7.65. The molecule has 0 aromatic carbocycles. The molecule has 5 N–H and O–H groups in total. The Morgan fingerprint density at radius 2 is 2.04 bits per heavy atom. The van der Waals surface area contributed by atoms with Crippen molar-refractivity contribution in [1.82, 2.24) is 35.0 Å². The van der Waals surface area contributed by atoms with Crippen LogP contribution in [0.5, 0.6) is 0 Å². The van der Waals surface area contributed by atoms with Crippen molar-refractivity contribution in [1.29, 1.82) is 0 Å². The molecule has 0 amide bonds. The van der Waals surface area contributed by atoms with Gasteiger partial charge in [-0.2, -0.15) is 0 Å². The van der Waals surface area contributed by atoms with Gasteiger partial charge in [0.15, 0.2) is 0 Å². The molecule has 5 heterocycles. The summed E-state index contributed by atoms with van der Waals surface area (Å²) < 4.78 is 11.0. The summed E-state index contributed by atoms with van der Waals surface area (Å²) in [5.41, 5.74) is 7.11. The quantitative estimate of drug-likeness (QED) is 0.424. The average Bonchev–Trinajstić information content (AvgIpc) is 3.49. The van der Waals surface area contributed by atoms with Gasteiger partial charge in [-0.3, -0.25) is 19.6 Å². The van der Waals surface area contributed by atoms with Crippen LogP contribution in [0, 0.1) is 5.92 Å². The highest BCUT2D eigenvalue weighted by Gasteiger charge is 2.60. The molecule has 5 rings (SSSR count). The Hall–Kier alpha value is 0.770. The molecule has 5 saturated heterocycles. The van der Waals surface area contributed by atoms with Gasteiger partial charge in [-0.25, -0.2) is 15.4 Å². The molecule has 7 nitrogen and oxygen atoms in total. The summed E-state index contributed by atoms with van der Waals surface area (Å²) in [6.07, 6.45) is 5.40. The predicted octanol–water partition coefficient (Wildman–Crippen LogP) is 0.317. The van der Waals surface area contributed by atoms with Crippen LogP contribution in [-0.4, -0.2) is 70.8 Å². The number of hydrogen-bond donors (Lipinski definition) is 5. The molecule has 5 fully saturated rings. The van der Waals surface area contributed by atoms with Crippen molar-refractivity contribution in [3.05, 3.63) is 0 Å². The summed E-state index contributed by atoms with van der Waals surface area (Å²) in [5.74, 6) is 3.18. The Labute approximate surface area is 163 Å². The van der Waals surface area contributed by atoms with Crippen LogP contribution in [0.2, 0.25) is 0 Å². The van der Waals surface area contributed by atoms with E-state index in [2.05, 4.69) is 35.0 Å². The maximum Gasteiger partial charge on any atom is 0.0875 e. The van der Waals surface area contributed by atoms with Crippen LogP contribution in [-0.2, 0) is 0 Å². The Morgan fingerprint density at radius 1 is 1.04 bits per heavy atom. The fraction of sp³-hybridized carbons (Fsp3) is 1.00. The second-order valence-electron chi connectivity index (χ2n) is 7.54. The summed E-state index contributed by atoms with van der Waals surface area (Å²) in [4.78, 5) is 0. The van der Waals surface area contributed by atoms with Gasteiger partial charge in [-0.05, 0) is 25.7 Å². The lowest BCUT2D eigenvalue weighted by Gasteiger charge is -2.51. The Bertz CT molecular complexity index is 444. The van der Waals surface area contributed by atoms with E-state index in [-0.39, 0.29) is 5.54 Å². The van der Waals surface area contributed by atoms with Crippen LogP contribution >= 0.6 is 35.8 Å². The van der Waals surface area contributed by atoms with Crippen molar-refractivity contribution >= 4 is 35.8 Å². The van der Waals surface area contributed by atoms with Gasteiger partial charge in [0.2, 0.25) is 0 Å². The van der Waals surface area contributed by atoms with Gasteiger partial charge in [0.25, 0.3) is 0 Å². The monoisotopic (exact) mass is 403 g/mol. The standard InChI is InChI=1S/C15H29N7S3/c1-5-16-19-13(1)21-7-4-15(11-9-18-24-10-11,12-3-8-23-20-12)22(21)14-2-6-17-25-14/h11-14,16-20H,1-10H2. The highest BCUT2D eigenvalue weighted by Crippen LogP contribution is 2.49. The molecule has 5 aliphatic rings. The predicted molar refractivity (Wildman–Crippen MR) is 107 cm³/mol. The van der Waals surface area contributed by atoms with Crippen LogP contribution in [0.15, 0.2) is 0 Å². The van der Waals surface area contributed by atoms with E-state index >= 15 is 0 Å². The SMILES string of the molecule is C1CC(N2CCC(C3CNSC3)(C3CCSN3)N2C2CCNS2)NN1. The molecule has 0 bridgehead atoms. The molecule has 0 spiro atoms. The van der Waals surface area contributed by atoms with Crippen molar-refractivity contribution in [2.45, 2.75) is 48.8 Å². The molecular formula is C15H29N7S3. The maximum atomic E-state index is 3.83. The highest BCUT2D eigenvalue weighted by atomic mass is 32.2. The van der Waals surface area contributed by atoms with Crippen LogP contribution in [0.4, 0.5) is 0 Å². The minimum absolute atomic E-state index is 0.230. The number of hydrogen-bond acceptors (Lipinski definition) is 10. The zero-order valence-corrected chi connectivity index (χ0v) is 16.9. The second-order valence-corrected chi connectivity index (χ2v) is 10.5. The molecule has 0 saturated carbocycles. The fourth-order valence-electron chi connectivity index (χ4n) is 5.21. The molecular weight excluding hydrogens is 374 g/mol. The Morgan fingerprint density at radius 3 is 2.72 bits per heavy atom. The van der Waals surface area contributed by atoms with E-state index in [4.69, 9.17) is 0 Å². The Kier molecular flexibility index (Phi) is 5.46. The van der Waals surface area contributed by atoms with Gasteiger partial charge in [0.05, 0.1) is 17.1 Å². The number of nitrogens with zero attached hydrogens (tertiary/aromatic N) is 2. The normalized spacial score (nSPS) is 46.6. The third kappa shape index (κ3) is 3.06. The van der Waals surface area contributed by atoms with Crippen molar-refractivity contribution < 1.29 is 0 Å². The van der Waals surface area contributed by atoms with Gasteiger partial charge in [0, 0.05) is 49.6 Å². The lowest BCUT2D eigenvalue weighted by atomic mass is 9.75. The lowest BCUT2D eigenvalue weighted by Crippen LogP contribution is -2.67. The van der Waals surface area contributed by atoms with E-state index in [1.165, 1.54) is 43.7 Å². The van der Waals surface area contributed by atoms with E-state index in [0.717, 1.165) is 19.6 Å². The van der Waals surface area contributed by atoms with Crippen molar-refractivity contribution in [3.63, 3.8) is 0 Å². The van der Waals surface area contributed by atoms with Gasteiger partial charge in [0.1, 0.15) is 0 Å². The molecule has 5 atom stereocenters. The molecule has 0 radical (unpaired) electrons. The van der Waals surface area contributed by atoms with E-state index in [0.29, 0.717) is 23.5 Å². The van der Waals surface area contributed by atoms with Crippen molar-refractivity contribution in [2.24, 2.45) is 5.92 Å². The first kappa shape index (κ1) is 17.8. The number of rotatable bonds is 4. The van der Waals surface area contributed by atoms with E-state index in [1.807, 2.05) is 35.8 Å². The first-order chi connectivity index (χ1) is 12.4. The molecule has 0 aromatic rings. The minimum Gasteiger partial charge on any atom is -0.264 e.